The van der Waals surface area contributed by atoms with Crippen LogP contribution in [0.5, 0.6) is 0 Å². The zero-order valence-corrected chi connectivity index (χ0v) is 15.3. The van der Waals surface area contributed by atoms with Gasteiger partial charge in [-0.1, -0.05) is 53.8 Å². The van der Waals surface area contributed by atoms with Crippen molar-refractivity contribution in [1.29, 1.82) is 0 Å². The molecule has 5 nitrogen and oxygen atoms in total. The first kappa shape index (κ1) is 17.5. The second kappa shape index (κ2) is 8.14. The predicted octanol–water partition coefficient (Wildman–Crippen LogP) is 5.09. The van der Waals surface area contributed by atoms with E-state index in [-0.39, 0.29) is 5.91 Å². The fraction of sp³-hybridized carbons (Fsp3) is 0.438. The molecule has 3 rings (SSSR count). The lowest BCUT2D eigenvalue weighted by atomic mass is 9.89. The van der Waals surface area contributed by atoms with Gasteiger partial charge in [-0.05, 0) is 37.0 Å². The van der Waals surface area contributed by atoms with E-state index in [9.17, 15) is 4.79 Å². The van der Waals surface area contributed by atoms with Crippen LogP contribution in [-0.4, -0.2) is 22.6 Å². The molecule has 0 spiro atoms. The van der Waals surface area contributed by atoms with Gasteiger partial charge in [0.15, 0.2) is 0 Å². The van der Waals surface area contributed by atoms with Gasteiger partial charge in [-0.25, -0.2) is 0 Å². The molecule has 1 fully saturated rings. The van der Waals surface area contributed by atoms with Gasteiger partial charge in [-0.3, -0.25) is 10.1 Å². The number of hydrogen-bond acceptors (Lipinski definition) is 5. The van der Waals surface area contributed by atoms with Gasteiger partial charge in [0.1, 0.15) is 0 Å². The van der Waals surface area contributed by atoms with Crippen molar-refractivity contribution < 1.29 is 4.79 Å². The van der Waals surface area contributed by atoms with Gasteiger partial charge in [-0.2, -0.15) is 0 Å². The highest BCUT2D eigenvalue weighted by Crippen LogP contribution is 2.26. The molecule has 0 bridgehead atoms. The van der Waals surface area contributed by atoms with Crippen molar-refractivity contribution in [2.45, 2.75) is 32.1 Å². The maximum absolute atomic E-state index is 12.2. The minimum Gasteiger partial charge on any atom is -0.360 e. The number of benzene rings is 1. The topological polar surface area (TPSA) is 66.9 Å². The van der Waals surface area contributed by atoms with Crippen LogP contribution < -0.4 is 10.6 Å². The minimum atomic E-state index is -0.288. The lowest BCUT2D eigenvalue weighted by Crippen LogP contribution is -2.16. The highest BCUT2D eigenvalue weighted by molar-refractivity contribution is 7.19. The van der Waals surface area contributed by atoms with Crippen LogP contribution in [0.2, 0.25) is 10.0 Å². The zero-order valence-electron chi connectivity index (χ0n) is 13.0. The summed E-state index contributed by atoms with van der Waals surface area (Å²) in [6, 6.07) is 4.74. The summed E-state index contributed by atoms with van der Waals surface area (Å²) in [5, 5.41) is 16.1. The maximum atomic E-state index is 12.2. The number of hydrogen-bond donors (Lipinski definition) is 2. The molecule has 0 radical (unpaired) electrons. The van der Waals surface area contributed by atoms with Crippen molar-refractivity contribution in [2.75, 3.05) is 17.2 Å². The summed E-state index contributed by atoms with van der Waals surface area (Å²) in [7, 11) is 0. The molecule has 2 aromatic rings. The summed E-state index contributed by atoms with van der Waals surface area (Å²) < 4.78 is 0. The SMILES string of the molecule is O=C(Nc1nnc(NCC2CCCCC2)s1)c1ccc(Cl)c(Cl)c1. The van der Waals surface area contributed by atoms with E-state index in [4.69, 9.17) is 23.2 Å². The van der Waals surface area contributed by atoms with Crippen molar-refractivity contribution in [3.63, 3.8) is 0 Å². The van der Waals surface area contributed by atoms with E-state index in [2.05, 4.69) is 20.8 Å². The zero-order chi connectivity index (χ0) is 16.9. The fourth-order valence-electron chi connectivity index (χ4n) is 2.77. The van der Waals surface area contributed by atoms with Crippen LogP contribution in [0.15, 0.2) is 18.2 Å². The Balaban J connectivity index is 1.55. The number of rotatable bonds is 5. The molecule has 1 aliphatic carbocycles. The van der Waals surface area contributed by atoms with E-state index in [1.165, 1.54) is 49.5 Å². The number of anilines is 2. The van der Waals surface area contributed by atoms with E-state index in [1.807, 2.05) is 0 Å². The van der Waals surface area contributed by atoms with Crippen LogP contribution in [0.3, 0.4) is 0 Å². The van der Waals surface area contributed by atoms with E-state index < -0.39 is 0 Å². The third-order valence-electron chi connectivity index (χ3n) is 4.09. The number of nitrogens with zero attached hydrogens (tertiary/aromatic N) is 2. The largest absolute Gasteiger partial charge is 0.360 e. The van der Waals surface area contributed by atoms with E-state index in [1.54, 1.807) is 12.1 Å². The monoisotopic (exact) mass is 384 g/mol. The Morgan fingerprint density at radius 1 is 1.12 bits per heavy atom. The van der Waals surface area contributed by atoms with Crippen LogP contribution in [0.4, 0.5) is 10.3 Å². The maximum Gasteiger partial charge on any atom is 0.257 e. The number of halogens is 2. The highest BCUT2D eigenvalue weighted by atomic mass is 35.5. The van der Waals surface area contributed by atoms with E-state index in [0.29, 0.717) is 26.7 Å². The Morgan fingerprint density at radius 2 is 1.88 bits per heavy atom. The molecule has 0 saturated heterocycles. The molecule has 1 aliphatic rings. The molecule has 24 heavy (non-hydrogen) atoms. The van der Waals surface area contributed by atoms with Crippen molar-refractivity contribution >= 4 is 50.7 Å². The standard InChI is InChI=1S/C16H18Cl2N4OS/c17-12-7-6-11(8-13(12)18)14(23)20-16-22-21-15(24-16)19-9-10-4-2-1-3-5-10/h6-8,10H,1-5,9H2,(H,19,21)(H,20,22,23). The highest BCUT2D eigenvalue weighted by Gasteiger charge is 2.15. The Kier molecular flexibility index (Phi) is 5.92. The first-order valence-corrected chi connectivity index (χ1v) is 9.53. The fourth-order valence-corrected chi connectivity index (χ4v) is 3.72. The van der Waals surface area contributed by atoms with Crippen LogP contribution in [0, 0.1) is 5.92 Å². The molecule has 0 aliphatic heterocycles. The summed E-state index contributed by atoms with van der Waals surface area (Å²) in [4.78, 5) is 12.2. The number of nitrogens with one attached hydrogen (secondary N) is 2. The van der Waals surface area contributed by atoms with Crippen LogP contribution in [0.1, 0.15) is 42.5 Å². The van der Waals surface area contributed by atoms with Gasteiger partial charge in [0.2, 0.25) is 10.3 Å². The Hall–Kier alpha value is -1.37. The van der Waals surface area contributed by atoms with Crippen molar-refractivity contribution in [3.8, 4) is 0 Å². The van der Waals surface area contributed by atoms with Crippen molar-refractivity contribution in [3.05, 3.63) is 33.8 Å². The van der Waals surface area contributed by atoms with Gasteiger partial charge in [0.05, 0.1) is 10.0 Å². The molecular formula is C16H18Cl2N4OS. The lowest BCUT2D eigenvalue weighted by Gasteiger charge is -2.21. The average molecular weight is 385 g/mol. The number of carbonyl (C=O) groups is 1. The summed E-state index contributed by atoms with van der Waals surface area (Å²) in [6.45, 7) is 0.912. The summed E-state index contributed by atoms with van der Waals surface area (Å²) in [5.74, 6) is 0.417. The molecule has 0 atom stereocenters. The second-order valence-corrected chi connectivity index (χ2v) is 7.67. The van der Waals surface area contributed by atoms with Gasteiger partial charge in [0, 0.05) is 12.1 Å². The lowest BCUT2D eigenvalue weighted by molar-refractivity contribution is 0.102. The predicted molar refractivity (Wildman–Crippen MR) is 99.4 cm³/mol. The van der Waals surface area contributed by atoms with E-state index >= 15 is 0 Å². The summed E-state index contributed by atoms with van der Waals surface area (Å²) >= 11 is 13.1. The molecule has 1 aromatic heterocycles. The van der Waals surface area contributed by atoms with Crippen LogP contribution >= 0.6 is 34.5 Å². The van der Waals surface area contributed by atoms with Gasteiger partial charge in [0.25, 0.3) is 5.91 Å². The number of aromatic nitrogens is 2. The Bertz CT molecular complexity index is 716. The van der Waals surface area contributed by atoms with E-state index in [0.717, 1.165) is 11.7 Å². The molecule has 2 N–H and O–H groups in total. The molecular weight excluding hydrogens is 367 g/mol. The van der Waals surface area contributed by atoms with Gasteiger partial charge >= 0.3 is 0 Å². The third-order valence-corrected chi connectivity index (χ3v) is 5.63. The quantitative estimate of drug-likeness (QED) is 0.752. The Morgan fingerprint density at radius 3 is 2.62 bits per heavy atom. The summed E-state index contributed by atoms with van der Waals surface area (Å²) in [6.07, 6.45) is 6.51. The third kappa shape index (κ3) is 4.59. The molecule has 8 heteroatoms. The second-order valence-electron chi connectivity index (χ2n) is 5.88. The molecule has 1 aromatic carbocycles. The number of amides is 1. The first-order valence-electron chi connectivity index (χ1n) is 7.95. The summed E-state index contributed by atoms with van der Waals surface area (Å²) in [5.41, 5.74) is 0.427. The van der Waals surface area contributed by atoms with Crippen LogP contribution in [0.25, 0.3) is 0 Å². The molecule has 1 amide bonds. The Labute approximate surface area is 154 Å². The van der Waals surface area contributed by atoms with Crippen LogP contribution in [-0.2, 0) is 0 Å². The average Bonchev–Trinajstić information content (AvgIpc) is 3.04. The minimum absolute atomic E-state index is 0.288. The van der Waals surface area contributed by atoms with Gasteiger partial charge < -0.3 is 5.32 Å². The van der Waals surface area contributed by atoms with Gasteiger partial charge in [-0.15, -0.1) is 10.2 Å². The molecule has 1 saturated carbocycles. The number of carbonyl (C=O) groups excluding carboxylic acids is 1. The molecule has 128 valence electrons. The van der Waals surface area contributed by atoms with Crippen molar-refractivity contribution in [2.24, 2.45) is 5.92 Å². The van der Waals surface area contributed by atoms with Crippen molar-refractivity contribution in [1.82, 2.24) is 10.2 Å². The smallest absolute Gasteiger partial charge is 0.257 e. The molecule has 1 heterocycles. The first-order chi connectivity index (χ1) is 11.6. The molecule has 0 unspecified atom stereocenters. The normalized spacial score (nSPS) is 15.2.